The molecule has 1 nitrogen and oxygen atoms in total. The number of aliphatic hydroxyl groups excluding tert-OH is 1. The Bertz CT molecular complexity index is 283. The standard InChI is InChI=1S/C12H18F2O/c1-3-5-9(15)8-12(2)7-4-6-10(13)11(12)14/h4,6,9,15H,3,5,7-8H2,1-2H3/t9?,12-/m1/s1. The van der Waals surface area contributed by atoms with E-state index in [2.05, 4.69) is 0 Å². The molecule has 0 amide bonds. The predicted molar refractivity (Wildman–Crippen MR) is 56.6 cm³/mol. The molecule has 0 aromatic heterocycles. The Labute approximate surface area is 89.5 Å². The lowest BCUT2D eigenvalue weighted by Gasteiger charge is -2.31. The smallest absolute Gasteiger partial charge is 0.154 e. The van der Waals surface area contributed by atoms with Crippen LogP contribution < -0.4 is 0 Å². The van der Waals surface area contributed by atoms with Crippen molar-refractivity contribution in [3.63, 3.8) is 0 Å². The zero-order valence-electron chi connectivity index (χ0n) is 9.26. The number of hydrogen-bond donors (Lipinski definition) is 1. The fourth-order valence-corrected chi connectivity index (χ4v) is 2.00. The SMILES string of the molecule is CCCC(O)C[C@@]1(C)CC=CC(F)=C1F. The molecule has 2 atom stereocenters. The molecule has 0 saturated carbocycles. The highest BCUT2D eigenvalue weighted by molar-refractivity contribution is 5.26. The third-order valence-corrected chi connectivity index (χ3v) is 2.88. The van der Waals surface area contributed by atoms with Crippen molar-refractivity contribution in [3.05, 3.63) is 23.8 Å². The molecule has 1 N–H and O–H groups in total. The first-order valence-electron chi connectivity index (χ1n) is 5.40. The minimum Gasteiger partial charge on any atom is -0.393 e. The van der Waals surface area contributed by atoms with Crippen molar-refractivity contribution in [2.45, 2.75) is 45.6 Å². The van der Waals surface area contributed by atoms with E-state index in [1.54, 1.807) is 13.0 Å². The third kappa shape index (κ3) is 2.88. The lowest BCUT2D eigenvalue weighted by atomic mass is 9.77. The molecule has 15 heavy (non-hydrogen) atoms. The van der Waals surface area contributed by atoms with Gasteiger partial charge < -0.3 is 5.11 Å². The highest BCUT2D eigenvalue weighted by Crippen LogP contribution is 2.42. The van der Waals surface area contributed by atoms with Crippen molar-refractivity contribution >= 4 is 0 Å². The first-order chi connectivity index (χ1) is 6.99. The summed E-state index contributed by atoms with van der Waals surface area (Å²) in [6, 6.07) is 0. The average molecular weight is 216 g/mol. The summed E-state index contributed by atoms with van der Waals surface area (Å²) in [5, 5.41) is 9.63. The van der Waals surface area contributed by atoms with Gasteiger partial charge in [-0.15, -0.1) is 0 Å². The fourth-order valence-electron chi connectivity index (χ4n) is 2.00. The van der Waals surface area contributed by atoms with Crippen LogP contribution in [0.3, 0.4) is 0 Å². The molecule has 0 aliphatic heterocycles. The zero-order chi connectivity index (χ0) is 11.5. The monoisotopic (exact) mass is 216 g/mol. The zero-order valence-corrected chi connectivity index (χ0v) is 9.26. The van der Waals surface area contributed by atoms with Crippen molar-refractivity contribution in [2.24, 2.45) is 5.41 Å². The van der Waals surface area contributed by atoms with Gasteiger partial charge in [0.15, 0.2) is 5.83 Å². The molecule has 0 spiro atoms. The topological polar surface area (TPSA) is 20.2 Å². The minimum atomic E-state index is -0.868. The number of rotatable bonds is 4. The molecule has 3 heteroatoms. The molecule has 0 bridgehead atoms. The summed E-state index contributed by atoms with van der Waals surface area (Å²) in [6.45, 7) is 3.61. The molecule has 0 radical (unpaired) electrons. The Morgan fingerprint density at radius 1 is 1.53 bits per heavy atom. The summed E-state index contributed by atoms with van der Waals surface area (Å²) >= 11 is 0. The molecule has 1 unspecified atom stereocenters. The van der Waals surface area contributed by atoms with Crippen molar-refractivity contribution < 1.29 is 13.9 Å². The minimum absolute atomic E-state index is 0.282. The summed E-state index contributed by atoms with van der Waals surface area (Å²) in [7, 11) is 0. The Balaban J connectivity index is 2.71. The molecular formula is C12H18F2O. The van der Waals surface area contributed by atoms with E-state index in [0.717, 1.165) is 12.5 Å². The van der Waals surface area contributed by atoms with E-state index < -0.39 is 23.2 Å². The van der Waals surface area contributed by atoms with Crippen LogP contribution in [-0.4, -0.2) is 11.2 Å². The molecule has 86 valence electrons. The van der Waals surface area contributed by atoms with Crippen LogP contribution in [0.2, 0.25) is 0 Å². The molecular weight excluding hydrogens is 198 g/mol. The van der Waals surface area contributed by atoms with Crippen LogP contribution >= 0.6 is 0 Å². The van der Waals surface area contributed by atoms with Gasteiger partial charge in [-0.05, 0) is 25.3 Å². The average Bonchev–Trinajstić information content (AvgIpc) is 2.14. The number of halogens is 2. The third-order valence-electron chi connectivity index (χ3n) is 2.88. The second kappa shape index (κ2) is 4.88. The van der Waals surface area contributed by atoms with Gasteiger partial charge in [0.2, 0.25) is 0 Å². The molecule has 1 aliphatic carbocycles. The van der Waals surface area contributed by atoms with Crippen molar-refractivity contribution in [3.8, 4) is 0 Å². The Kier molecular flexibility index (Phi) is 4.03. The van der Waals surface area contributed by atoms with E-state index in [-0.39, 0.29) is 6.42 Å². The summed E-state index contributed by atoms with van der Waals surface area (Å²) in [5.41, 5.74) is -0.868. The van der Waals surface area contributed by atoms with Gasteiger partial charge in [-0.2, -0.15) is 0 Å². The van der Waals surface area contributed by atoms with E-state index in [1.807, 2.05) is 6.92 Å². The first kappa shape index (κ1) is 12.4. The summed E-state index contributed by atoms with van der Waals surface area (Å²) < 4.78 is 26.6. The van der Waals surface area contributed by atoms with Crippen LogP contribution in [0.15, 0.2) is 23.8 Å². The maximum Gasteiger partial charge on any atom is 0.154 e. The molecule has 1 rings (SSSR count). The lowest BCUT2D eigenvalue weighted by molar-refractivity contribution is 0.100. The predicted octanol–water partition coefficient (Wildman–Crippen LogP) is 3.65. The molecule has 0 aromatic rings. The van der Waals surface area contributed by atoms with Gasteiger partial charge >= 0.3 is 0 Å². The summed E-state index contributed by atoms with van der Waals surface area (Å²) in [6.07, 6.45) is 4.44. The highest BCUT2D eigenvalue weighted by atomic mass is 19.2. The van der Waals surface area contributed by atoms with Crippen molar-refractivity contribution in [1.29, 1.82) is 0 Å². The van der Waals surface area contributed by atoms with Gasteiger partial charge in [-0.1, -0.05) is 26.3 Å². The van der Waals surface area contributed by atoms with Gasteiger partial charge in [0, 0.05) is 5.41 Å². The van der Waals surface area contributed by atoms with E-state index in [0.29, 0.717) is 12.8 Å². The van der Waals surface area contributed by atoms with Crippen LogP contribution in [-0.2, 0) is 0 Å². The van der Waals surface area contributed by atoms with Gasteiger partial charge in [0.05, 0.1) is 6.10 Å². The normalized spacial score (nSPS) is 28.3. The quantitative estimate of drug-likeness (QED) is 0.760. The molecule has 0 saturated heterocycles. The van der Waals surface area contributed by atoms with Crippen LogP contribution in [0.5, 0.6) is 0 Å². The van der Waals surface area contributed by atoms with Crippen LogP contribution in [0.4, 0.5) is 8.78 Å². The number of allylic oxidation sites excluding steroid dienone is 4. The fraction of sp³-hybridized carbons (Fsp3) is 0.667. The van der Waals surface area contributed by atoms with Crippen LogP contribution in [0.1, 0.15) is 39.5 Å². The Morgan fingerprint density at radius 3 is 2.80 bits per heavy atom. The van der Waals surface area contributed by atoms with Crippen LogP contribution in [0.25, 0.3) is 0 Å². The maximum atomic E-state index is 13.6. The van der Waals surface area contributed by atoms with Gasteiger partial charge in [0.25, 0.3) is 0 Å². The van der Waals surface area contributed by atoms with Crippen molar-refractivity contribution in [1.82, 2.24) is 0 Å². The highest BCUT2D eigenvalue weighted by Gasteiger charge is 2.35. The second-order valence-electron chi connectivity index (χ2n) is 4.48. The van der Waals surface area contributed by atoms with Crippen molar-refractivity contribution in [2.75, 3.05) is 0 Å². The molecule has 0 fully saturated rings. The molecule has 0 aromatic carbocycles. The lowest BCUT2D eigenvalue weighted by Crippen LogP contribution is -2.26. The Hall–Kier alpha value is -0.700. The van der Waals surface area contributed by atoms with Gasteiger partial charge in [0.1, 0.15) is 5.83 Å². The summed E-state index contributed by atoms with van der Waals surface area (Å²) in [5.74, 6) is -1.52. The van der Waals surface area contributed by atoms with Gasteiger partial charge in [-0.3, -0.25) is 0 Å². The van der Waals surface area contributed by atoms with E-state index in [1.165, 1.54) is 0 Å². The van der Waals surface area contributed by atoms with Crippen LogP contribution in [0, 0.1) is 5.41 Å². The first-order valence-corrected chi connectivity index (χ1v) is 5.40. The van der Waals surface area contributed by atoms with Gasteiger partial charge in [-0.25, -0.2) is 8.78 Å². The number of hydrogen-bond acceptors (Lipinski definition) is 1. The largest absolute Gasteiger partial charge is 0.393 e. The van der Waals surface area contributed by atoms with E-state index in [9.17, 15) is 13.9 Å². The van der Waals surface area contributed by atoms with E-state index in [4.69, 9.17) is 0 Å². The van der Waals surface area contributed by atoms with E-state index >= 15 is 0 Å². The molecule has 0 heterocycles. The number of aliphatic hydroxyl groups is 1. The second-order valence-corrected chi connectivity index (χ2v) is 4.48. The molecule has 1 aliphatic rings. The summed E-state index contributed by atoms with van der Waals surface area (Å²) in [4.78, 5) is 0. The maximum absolute atomic E-state index is 13.6. The Morgan fingerprint density at radius 2 is 2.20 bits per heavy atom.